The van der Waals surface area contributed by atoms with Gasteiger partial charge in [-0.15, -0.1) is 5.10 Å². The molecule has 1 aromatic carbocycles. The minimum absolute atomic E-state index is 0.171. The maximum absolute atomic E-state index is 12.4. The third-order valence-corrected chi connectivity index (χ3v) is 4.28. The summed E-state index contributed by atoms with van der Waals surface area (Å²) in [5.41, 5.74) is 1.97. The third kappa shape index (κ3) is 2.59. The van der Waals surface area contributed by atoms with E-state index in [1.165, 1.54) is 9.08 Å². The zero-order chi connectivity index (χ0) is 17.4. The summed E-state index contributed by atoms with van der Waals surface area (Å²) in [5, 5.41) is 8.12. The van der Waals surface area contributed by atoms with Crippen LogP contribution in [0.3, 0.4) is 0 Å². The molecule has 7 nitrogen and oxygen atoms in total. The quantitative estimate of drug-likeness (QED) is 0.613. The number of amides is 1. The minimum Gasteiger partial charge on any atom is -0.349 e. The normalized spacial score (nSPS) is 11.2. The maximum atomic E-state index is 12.4. The van der Waals surface area contributed by atoms with Crippen molar-refractivity contribution in [1.29, 1.82) is 0 Å². The lowest BCUT2D eigenvalue weighted by molar-refractivity contribution is 0.0944. The van der Waals surface area contributed by atoms with Crippen molar-refractivity contribution < 1.29 is 4.79 Å². The number of carbonyl (C=O) groups is 1. The van der Waals surface area contributed by atoms with Crippen LogP contribution in [0.4, 0.5) is 0 Å². The molecule has 4 aromatic rings. The molecule has 0 atom stereocenters. The number of pyridine rings is 1. The Bertz CT molecular complexity index is 1140. The molecule has 0 aliphatic rings. The van der Waals surface area contributed by atoms with Crippen molar-refractivity contribution in [2.75, 3.05) is 6.54 Å². The van der Waals surface area contributed by atoms with Gasteiger partial charge in [0.05, 0.1) is 6.54 Å². The molecule has 126 valence electrons. The lowest BCUT2D eigenvalue weighted by Gasteiger charge is -2.06. The summed E-state index contributed by atoms with van der Waals surface area (Å²) >= 11 is 0. The van der Waals surface area contributed by atoms with Crippen molar-refractivity contribution >= 4 is 22.5 Å². The second-order valence-corrected chi connectivity index (χ2v) is 5.84. The van der Waals surface area contributed by atoms with Gasteiger partial charge in [-0.3, -0.25) is 9.20 Å². The largest absolute Gasteiger partial charge is 0.350 e. The number of aryl methyl sites for hydroxylation is 1. The van der Waals surface area contributed by atoms with Gasteiger partial charge in [0.1, 0.15) is 5.69 Å². The Hall–Kier alpha value is -3.35. The first kappa shape index (κ1) is 15.2. The Balaban J connectivity index is 1.49. The average Bonchev–Trinajstić information content (AvgIpc) is 3.14. The van der Waals surface area contributed by atoms with Gasteiger partial charge in [0, 0.05) is 30.7 Å². The van der Waals surface area contributed by atoms with Gasteiger partial charge in [0.15, 0.2) is 5.65 Å². The van der Waals surface area contributed by atoms with Crippen LogP contribution in [0.2, 0.25) is 0 Å². The van der Waals surface area contributed by atoms with Crippen molar-refractivity contribution in [2.45, 2.75) is 6.54 Å². The van der Waals surface area contributed by atoms with Crippen molar-refractivity contribution in [1.82, 2.24) is 24.1 Å². The van der Waals surface area contributed by atoms with Gasteiger partial charge in [-0.2, -0.15) is 0 Å². The Kier molecular flexibility index (Phi) is 3.61. The van der Waals surface area contributed by atoms with E-state index in [2.05, 4.69) is 10.4 Å². The van der Waals surface area contributed by atoms with Crippen LogP contribution in [0.5, 0.6) is 0 Å². The van der Waals surface area contributed by atoms with E-state index in [1.54, 1.807) is 18.3 Å². The highest BCUT2D eigenvalue weighted by Gasteiger charge is 2.13. The Morgan fingerprint density at radius 2 is 1.96 bits per heavy atom. The summed E-state index contributed by atoms with van der Waals surface area (Å²) in [5.74, 6) is -0.171. The first-order chi connectivity index (χ1) is 12.1. The minimum atomic E-state index is -0.213. The van der Waals surface area contributed by atoms with E-state index in [4.69, 9.17) is 0 Å². The second-order valence-electron chi connectivity index (χ2n) is 5.84. The molecule has 0 radical (unpaired) electrons. The van der Waals surface area contributed by atoms with E-state index in [0.717, 1.165) is 10.9 Å². The lowest BCUT2D eigenvalue weighted by Crippen LogP contribution is -2.32. The van der Waals surface area contributed by atoms with Crippen LogP contribution in [0, 0.1) is 0 Å². The van der Waals surface area contributed by atoms with Gasteiger partial charge >= 0.3 is 5.69 Å². The van der Waals surface area contributed by atoms with E-state index < -0.39 is 0 Å². The molecule has 3 aromatic heterocycles. The molecule has 0 aliphatic carbocycles. The Morgan fingerprint density at radius 3 is 2.76 bits per heavy atom. The highest BCUT2D eigenvalue weighted by atomic mass is 16.2. The van der Waals surface area contributed by atoms with E-state index in [0.29, 0.717) is 24.4 Å². The zero-order valence-electron chi connectivity index (χ0n) is 13.7. The maximum Gasteiger partial charge on any atom is 0.350 e. The molecule has 25 heavy (non-hydrogen) atoms. The van der Waals surface area contributed by atoms with Crippen LogP contribution in [0.1, 0.15) is 10.5 Å². The van der Waals surface area contributed by atoms with E-state index in [1.807, 2.05) is 48.0 Å². The number of carbonyl (C=O) groups excluding carboxylic acids is 1. The predicted molar refractivity (Wildman–Crippen MR) is 94.7 cm³/mol. The highest BCUT2D eigenvalue weighted by Crippen LogP contribution is 2.17. The summed E-state index contributed by atoms with van der Waals surface area (Å²) in [7, 11) is 1.86. The molecule has 0 aliphatic heterocycles. The van der Waals surface area contributed by atoms with Gasteiger partial charge < -0.3 is 9.88 Å². The van der Waals surface area contributed by atoms with Gasteiger partial charge in [-0.1, -0.05) is 24.3 Å². The molecule has 0 bridgehead atoms. The number of hydrogen-bond donors (Lipinski definition) is 1. The molecule has 0 saturated heterocycles. The number of fused-ring (bicyclic) bond motifs is 2. The summed E-state index contributed by atoms with van der Waals surface area (Å²) in [4.78, 5) is 24.6. The molecule has 7 heteroatoms. The zero-order valence-corrected chi connectivity index (χ0v) is 13.7. The van der Waals surface area contributed by atoms with E-state index in [-0.39, 0.29) is 11.6 Å². The van der Waals surface area contributed by atoms with Gasteiger partial charge in [0.25, 0.3) is 5.91 Å². The third-order valence-electron chi connectivity index (χ3n) is 4.28. The molecule has 0 unspecified atom stereocenters. The van der Waals surface area contributed by atoms with Crippen molar-refractivity contribution in [3.05, 3.63) is 70.9 Å². The molecule has 1 amide bonds. The lowest BCUT2D eigenvalue weighted by atomic mass is 10.2. The average molecular weight is 335 g/mol. The number of para-hydroxylation sites is 1. The Labute approximate surface area is 143 Å². The van der Waals surface area contributed by atoms with Crippen LogP contribution in [-0.2, 0) is 13.6 Å². The van der Waals surface area contributed by atoms with Crippen molar-refractivity contribution in [3.8, 4) is 0 Å². The fourth-order valence-electron chi connectivity index (χ4n) is 2.99. The second kappa shape index (κ2) is 5.94. The molecule has 4 rings (SSSR count). The number of benzene rings is 1. The van der Waals surface area contributed by atoms with Crippen LogP contribution in [0.15, 0.2) is 59.5 Å². The summed E-state index contributed by atoms with van der Waals surface area (Å²) in [6, 6.07) is 15.1. The van der Waals surface area contributed by atoms with E-state index >= 15 is 0 Å². The molecule has 1 N–H and O–H groups in total. The molecular weight excluding hydrogens is 318 g/mol. The smallest absolute Gasteiger partial charge is 0.349 e. The van der Waals surface area contributed by atoms with Crippen LogP contribution < -0.4 is 11.0 Å². The van der Waals surface area contributed by atoms with Crippen LogP contribution >= 0.6 is 0 Å². The summed E-state index contributed by atoms with van der Waals surface area (Å²) < 4.78 is 4.70. The molecule has 0 fully saturated rings. The number of rotatable bonds is 4. The number of hydrogen-bond acceptors (Lipinski definition) is 3. The molecular formula is C18H17N5O2. The van der Waals surface area contributed by atoms with Gasteiger partial charge in [0.2, 0.25) is 0 Å². The molecule has 0 saturated carbocycles. The summed E-state index contributed by atoms with van der Waals surface area (Å²) in [6.07, 6.45) is 1.68. The monoisotopic (exact) mass is 335 g/mol. The Morgan fingerprint density at radius 1 is 1.16 bits per heavy atom. The highest BCUT2D eigenvalue weighted by molar-refractivity contribution is 5.98. The standard InChI is InChI=1S/C18H17N5O2/c1-21-14-7-3-2-6-13(14)12-15(21)17(24)19-9-11-23-18(25)22-10-5-4-8-16(22)20-23/h2-8,10,12H,9,11H2,1H3,(H,19,24). The fraction of sp³-hybridized carbons (Fsp3) is 0.167. The predicted octanol–water partition coefficient (Wildman–Crippen LogP) is 1.42. The number of nitrogens with zero attached hydrogens (tertiary/aromatic N) is 4. The fourth-order valence-corrected chi connectivity index (χ4v) is 2.99. The molecule has 0 spiro atoms. The topological polar surface area (TPSA) is 73.3 Å². The van der Waals surface area contributed by atoms with Crippen molar-refractivity contribution in [3.63, 3.8) is 0 Å². The van der Waals surface area contributed by atoms with Crippen molar-refractivity contribution in [2.24, 2.45) is 7.05 Å². The van der Waals surface area contributed by atoms with Gasteiger partial charge in [-0.05, 0) is 24.3 Å². The number of aromatic nitrogens is 4. The van der Waals surface area contributed by atoms with E-state index in [9.17, 15) is 9.59 Å². The van der Waals surface area contributed by atoms with Gasteiger partial charge in [-0.25, -0.2) is 9.48 Å². The summed E-state index contributed by atoms with van der Waals surface area (Å²) in [6.45, 7) is 0.639. The molecule has 3 heterocycles. The van der Waals surface area contributed by atoms with Crippen LogP contribution in [0.25, 0.3) is 16.6 Å². The number of nitrogens with one attached hydrogen (secondary N) is 1. The first-order valence-corrected chi connectivity index (χ1v) is 8.02. The van der Waals surface area contributed by atoms with Crippen LogP contribution in [-0.4, -0.2) is 31.2 Å². The SMILES string of the molecule is Cn1c(C(=O)NCCn2nc3ccccn3c2=O)cc2ccccc21. The first-order valence-electron chi connectivity index (χ1n) is 8.02.